The maximum atomic E-state index is 13.8. The second kappa shape index (κ2) is 3.81. The first-order valence-corrected chi connectivity index (χ1v) is 5.35. The Kier molecular flexibility index (Phi) is 2.65. The molecule has 2 nitrogen and oxygen atoms in total. The van der Waals surface area contributed by atoms with Crippen LogP contribution in [0, 0.1) is 19.7 Å². The highest BCUT2D eigenvalue weighted by Crippen LogP contribution is 2.28. The van der Waals surface area contributed by atoms with Gasteiger partial charge in [0.15, 0.2) is 0 Å². The Morgan fingerprint density at radius 2 is 2.13 bits per heavy atom. The van der Waals surface area contributed by atoms with E-state index in [0.717, 1.165) is 36.3 Å². The first-order valence-electron chi connectivity index (χ1n) is 5.35. The Balaban J connectivity index is 2.35. The van der Waals surface area contributed by atoms with E-state index in [1.807, 2.05) is 19.9 Å². The van der Waals surface area contributed by atoms with Crippen molar-refractivity contribution in [2.45, 2.75) is 26.3 Å². The summed E-state index contributed by atoms with van der Waals surface area (Å²) < 4.78 is 13.8. The van der Waals surface area contributed by atoms with Crippen LogP contribution >= 0.6 is 0 Å². The van der Waals surface area contributed by atoms with E-state index in [1.165, 1.54) is 0 Å². The zero-order chi connectivity index (χ0) is 11.0. The Hall–Kier alpha value is -1.09. The average Bonchev–Trinajstić information content (AvgIpc) is 2.49. The topological polar surface area (TPSA) is 29.3 Å². The molecule has 1 heterocycles. The summed E-state index contributed by atoms with van der Waals surface area (Å²) in [5.41, 5.74) is 8.53. The van der Waals surface area contributed by atoms with Gasteiger partial charge in [-0.3, -0.25) is 0 Å². The Bertz CT molecular complexity index is 353. The van der Waals surface area contributed by atoms with E-state index in [-0.39, 0.29) is 11.9 Å². The second-order valence-corrected chi connectivity index (χ2v) is 4.41. The molecule has 0 spiro atoms. The fraction of sp³-hybridized carbons (Fsp3) is 0.500. The molecule has 1 saturated heterocycles. The molecule has 1 fully saturated rings. The highest BCUT2D eigenvalue weighted by Gasteiger charge is 2.23. The van der Waals surface area contributed by atoms with Crippen LogP contribution in [0.3, 0.4) is 0 Å². The monoisotopic (exact) mass is 208 g/mol. The highest BCUT2D eigenvalue weighted by molar-refractivity contribution is 5.56. The average molecular weight is 208 g/mol. The summed E-state index contributed by atoms with van der Waals surface area (Å²) in [5, 5.41) is 0. The van der Waals surface area contributed by atoms with E-state index in [9.17, 15) is 4.39 Å². The number of nitrogens with zero attached hydrogens (tertiary/aromatic N) is 1. The third-order valence-corrected chi connectivity index (χ3v) is 2.94. The van der Waals surface area contributed by atoms with Gasteiger partial charge in [0.2, 0.25) is 0 Å². The predicted octanol–water partition coefficient (Wildman–Crippen LogP) is 1.98. The zero-order valence-electron chi connectivity index (χ0n) is 9.26. The quantitative estimate of drug-likeness (QED) is 0.764. The normalized spacial score (nSPS) is 21.1. The molecule has 15 heavy (non-hydrogen) atoms. The molecule has 1 unspecified atom stereocenters. The molecule has 2 N–H and O–H groups in total. The van der Waals surface area contributed by atoms with Crippen LogP contribution in [0.25, 0.3) is 0 Å². The summed E-state index contributed by atoms with van der Waals surface area (Å²) in [6.07, 6.45) is 0.951. The van der Waals surface area contributed by atoms with Crippen LogP contribution in [-0.4, -0.2) is 19.1 Å². The molecule has 3 heteroatoms. The van der Waals surface area contributed by atoms with Gasteiger partial charge in [-0.15, -0.1) is 0 Å². The maximum absolute atomic E-state index is 13.8. The number of anilines is 1. The Morgan fingerprint density at radius 3 is 2.67 bits per heavy atom. The Labute approximate surface area is 89.9 Å². The molecule has 0 saturated carbocycles. The standard InChI is InChI=1S/C12H17FN2/c1-8-5-9(2)12(11(13)6-8)15-4-3-10(14)7-15/h5-6,10H,3-4,7,14H2,1-2H3. The summed E-state index contributed by atoms with van der Waals surface area (Å²) >= 11 is 0. The van der Waals surface area contributed by atoms with Crippen LogP contribution in [0.1, 0.15) is 17.5 Å². The van der Waals surface area contributed by atoms with Crippen molar-refractivity contribution in [3.8, 4) is 0 Å². The minimum atomic E-state index is -0.124. The van der Waals surface area contributed by atoms with Crippen molar-refractivity contribution in [1.82, 2.24) is 0 Å². The van der Waals surface area contributed by atoms with Crippen molar-refractivity contribution >= 4 is 5.69 Å². The fourth-order valence-electron chi connectivity index (χ4n) is 2.30. The van der Waals surface area contributed by atoms with Crippen molar-refractivity contribution in [3.05, 3.63) is 29.1 Å². The van der Waals surface area contributed by atoms with Crippen molar-refractivity contribution in [1.29, 1.82) is 0 Å². The lowest BCUT2D eigenvalue weighted by Gasteiger charge is -2.21. The molecule has 82 valence electrons. The number of rotatable bonds is 1. The fourth-order valence-corrected chi connectivity index (χ4v) is 2.30. The van der Waals surface area contributed by atoms with Crippen LogP contribution in [-0.2, 0) is 0 Å². The molecule has 0 aromatic heterocycles. The number of benzene rings is 1. The maximum Gasteiger partial charge on any atom is 0.147 e. The first-order chi connectivity index (χ1) is 7.08. The van der Waals surface area contributed by atoms with Crippen molar-refractivity contribution in [3.63, 3.8) is 0 Å². The minimum absolute atomic E-state index is 0.124. The lowest BCUT2D eigenvalue weighted by Crippen LogP contribution is -2.27. The molecule has 1 aliphatic rings. The van der Waals surface area contributed by atoms with Gasteiger partial charge >= 0.3 is 0 Å². The van der Waals surface area contributed by atoms with Gasteiger partial charge in [0.1, 0.15) is 5.82 Å². The summed E-state index contributed by atoms with van der Waals surface area (Å²) in [6.45, 7) is 5.49. The SMILES string of the molecule is Cc1cc(C)c(N2CCC(N)C2)c(F)c1. The Morgan fingerprint density at radius 1 is 1.40 bits per heavy atom. The van der Waals surface area contributed by atoms with E-state index >= 15 is 0 Å². The lowest BCUT2D eigenvalue weighted by molar-refractivity contribution is 0.620. The molecule has 0 aliphatic carbocycles. The van der Waals surface area contributed by atoms with Crippen molar-refractivity contribution in [2.75, 3.05) is 18.0 Å². The van der Waals surface area contributed by atoms with E-state index < -0.39 is 0 Å². The molecule has 1 atom stereocenters. The summed E-state index contributed by atoms with van der Waals surface area (Å²) in [5.74, 6) is -0.124. The van der Waals surface area contributed by atoms with E-state index in [4.69, 9.17) is 5.73 Å². The van der Waals surface area contributed by atoms with Gasteiger partial charge in [-0.25, -0.2) is 4.39 Å². The number of nitrogens with two attached hydrogens (primary N) is 1. The van der Waals surface area contributed by atoms with Gasteiger partial charge < -0.3 is 10.6 Å². The smallest absolute Gasteiger partial charge is 0.147 e. The van der Waals surface area contributed by atoms with Crippen LogP contribution < -0.4 is 10.6 Å². The number of hydrogen-bond acceptors (Lipinski definition) is 2. The van der Waals surface area contributed by atoms with Gasteiger partial charge in [0.25, 0.3) is 0 Å². The summed E-state index contributed by atoms with van der Waals surface area (Å²) in [7, 11) is 0. The molecule has 0 radical (unpaired) electrons. The molecular formula is C12H17FN2. The lowest BCUT2D eigenvalue weighted by atomic mass is 10.1. The second-order valence-electron chi connectivity index (χ2n) is 4.41. The van der Waals surface area contributed by atoms with E-state index in [2.05, 4.69) is 4.90 Å². The number of hydrogen-bond donors (Lipinski definition) is 1. The summed E-state index contributed by atoms with van der Waals surface area (Å²) in [6, 6.07) is 3.79. The van der Waals surface area contributed by atoms with E-state index in [1.54, 1.807) is 6.07 Å². The van der Waals surface area contributed by atoms with Crippen LogP contribution in [0.5, 0.6) is 0 Å². The van der Waals surface area contributed by atoms with E-state index in [0.29, 0.717) is 0 Å². The van der Waals surface area contributed by atoms with Gasteiger partial charge in [0, 0.05) is 19.1 Å². The van der Waals surface area contributed by atoms with Gasteiger partial charge in [-0.2, -0.15) is 0 Å². The van der Waals surface area contributed by atoms with Crippen LogP contribution in [0.15, 0.2) is 12.1 Å². The van der Waals surface area contributed by atoms with Crippen LogP contribution in [0.2, 0.25) is 0 Å². The zero-order valence-corrected chi connectivity index (χ0v) is 9.26. The molecule has 1 aliphatic heterocycles. The van der Waals surface area contributed by atoms with Crippen LogP contribution in [0.4, 0.5) is 10.1 Å². The molecular weight excluding hydrogens is 191 g/mol. The predicted molar refractivity (Wildman–Crippen MR) is 60.7 cm³/mol. The largest absolute Gasteiger partial charge is 0.367 e. The van der Waals surface area contributed by atoms with Gasteiger partial charge in [-0.05, 0) is 37.5 Å². The number of halogens is 1. The minimum Gasteiger partial charge on any atom is -0.367 e. The van der Waals surface area contributed by atoms with Crippen molar-refractivity contribution < 1.29 is 4.39 Å². The first kappa shape index (κ1) is 10.4. The molecule has 0 amide bonds. The molecule has 1 aromatic rings. The molecule has 0 bridgehead atoms. The van der Waals surface area contributed by atoms with Gasteiger partial charge in [-0.1, -0.05) is 6.07 Å². The molecule has 1 aromatic carbocycles. The number of aryl methyl sites for hydroxylation is 2. The van der Waals surface area contributed by atoms with Crippen molar-refractivity contribution in [2.24, 2.45) is 5.73 Å². The van der Waals surface area contributed by atoms with Gasteiger partial charge in [0.05, 0.1) is 5.69 Å². The summed E-state index contributed by atoms with van der Waals surface area (Å²) in [4.78, 5) is 2.05. The third kappa shape index (κ3) is 1.97. The third-order valence-electron chi connectivity index (χ3n) is 2.94. The highest BCUT2D eigenvalue weighted by atomic mass is 19.1. The molecule has 2 rings (SSSR count).